The van der Waals surface area contributed by atoms with E-state index < -0.39 is 5.60 Å². The topological polar surface area (TPSA) is 129 Å². The quantitative estimate of drug-likeness (QED) is 0.366. The van der Waals surface area contributed by atoms with Crippen LogP contribution in [0.1, 0.15) is 42.7 Å². The van der Waals surface area contributed by atoms with Gasteiger partial charge in [0.1, 0.15) is 35.7 Å². The summed E-state index contributed by atoms with van der Waals surface area (Å²) in [5.74, 6) is 1.90. The fourth-order valence-corrected chi connectivity index (χ4v) is 5.61. The molecule has 0 saturated carbocycles. The van der Waals surface area contributed by atoms with E-state index in [1.807, 2.05) is 23.1 Å². The number of nitriles is 1. The predicted molar refractivity (Wildman–Crippen MR) is 151 cm³/mol. The lowest BCUT2D eigenvalue weighted by Gasteiger charge is -2.51. The van der Waals surface area contributed by atoms with Gasteiger partial charge in [0, 0.05) is 54.8 Å². The molecule has 11 nitrogen and oxygen atoms in total. The van der Waals surface area contributed by atoms with Crippen molar-refractivity contribution in [1.82, 2.24) is 24.5 Å². The van der Waals surface area contributed by atoms with Gasteiger partial charge in [0.25, 0.3) is 5.91 Å². The number of hydrogen-bond donors (Lipinski definition) is 1. The van der Waals surface area contributed by atoms with Gasteiger partial charge in [0.2, 0.25) is 0 Å². The number of fused-ring (bicyclic) bond motifs is 4. The normalized spacial score (nSPS) is 18.4. The molecule has 7 rings (SSSR count). The van der Waals surface area contributed by atoms with Crippen molar-refractivity contribution in [3.05, 3.63) is 66.4 Å². The van der Waals surface area contributed by atoms with Crippen LogP contribution in [0, 0.1) is 11.3 Å². The Bertz CT molecular complexity index is 1640. The van der Waals surface area contributed by atoms with Gasteiger partial charge in [-0.1, -0.05) is 0 Å². The van der Waals surface area contributed by atoms with E-state index in [0.717, 1.165) is 29.8 Å². The second-order valence-electron chi connectivity index (χ2n) is 11.1. The molecule has 11 heteroatoms. The Morgan fingerprint density at radius 1 is 1.12 bits per heavy atom. The van der Waals surface area contributed by atoms with Crippen LogP contribution in [0.3, 0.4) is 0 Å². The summed E-state index contributed by atoms with van der Waals surface area (Å²) < 4.78 is 12.7. The summed E-state index contributed by atoms with van der Waals surface area (Å²) in [6, 6.07) is 11.7. The highest BCUT2D eigenvalue weighted by Crippen LogP contribution is 2.35. The number of nitrogens with zero attached hydrogens (tertiary/aromatic N) is 7. The largest absolute Gasteiger partial charge is 0.497 e. The van der Waals surface area contributed by atoms with Crippen molar-refractivity contribution in [2.45, 2.75) is 44.4 Å². The summed E-state index contributed by atoms with van der Waals surface area (Å²) in [6.07, 6.45) is 8.53. The Kier molecular flexibility index (Phi) is 6.71. The molecule has 210 valence electrons. The van der Waals surface area contributed by atoms with Crippen LogP contribution >= 0.6 is 0 Å². The van der Waals surface area contributed by atoms with Crippen molar-refractivity contribution in [2.24, 2.45) is 0 Å². The van der Waals surface area contributed by atoms with E-state index in [9.17, 15) is 15.2 Å². The zero-order chi connectivity index (χ0) is 28.7. The van der Waals surface area contributed by atoms with Gasteiger partial charge in [0.05, 0.1) is 36.2 Å². The molecule has 7 heterocycles. The maximum atomic E-state index is 13.3. The van der Waals surface area contributed by atoms with Crippen LogP contribution in [0.5, 0.6) is 11.5 Å². The highest BCUT2D eigenvalue weighted by molar-refractivity contribution is 5.93. The van der Waals surface area contributed by atoms with Crippen LogP contribution in [-0.2, 0) is 0 Å². The van der Waals surface area contributed by atoms with Crippen LogP contribution in [0.15, 0.2) is 55.1 Å². The van der Waals surface area contributed by atoms with Crippen LogP contribution in [-0.4, -0.2) is 80.0 Å². The molecule has 2 unspecified atom stereocenters. The lowest BCUT2D eigenvalue weighted by Crippen LogP contribution is -2.64. The lowest BCUT2D eigenvalue weighted by atomic mass is 9.90. The molecular weight excluding hydrogens is 522 g/mol. The molecule has 3 aliphatic heterocycles. The highest BCUT2D eigenvalue weighted by Gasteiger charge is 2.42. The first-order valence-electron chi connectivity index (χ1n) is 13.5. The number of amides is 1. The second kappa shape index (κ2) is 10.4. The van der Waals surface area contributed by atoms with E-state index >= 15 is 0 Å². The number of piperazine rings is 1. The Hall–Kier alpha value is -4.69. The standard InChI is InChI=1S/C30H31N7O4/c1-30(2,39)18-41-24-10-25(28-20(12-31)14-34-37(28)17-24)19-4-7-27(33-13-19)35-15-22-6-5-21(35)16-36(22)29(38)26-11-23(40-3)8-9-32-26/h4,7-11,13-14,17,21-22,39H,5-6,15-16,18H2,1-3H3. The minimum atomic E-state index is -1.00. The predicted octanol–water partition coefficient (Wildman–Crippen LogP) is 3.31. The van der Waals surface area contributed by atoms with Gasteiger partial charge in [-0.25, -0.2) is 9.50 Å². The van der Waals surface area contributed by atoms with Crippen molar-refractivity contribution in [2.75, 3.05) is 31.7 Å². The van der Waals surface area contributed by atoms with Crippen molar-refractivity contribution >= 4 is 17.2 Å². The highest BCUT2D eigenvalue weighted by atomic mass is 16.5. The van der Waals surface area contributed by atoms with E-state index in [1.54, 1.807) is 56.2 Å². The van der Waals surface area contributed by atoms with E-state index in [4.69, 9.17) is 14.5 Å². The summed E-state index contributed by atoms with van der Waals surface area (Å²) in [4.78, 5) is 26.6. The summed E-state index contributed by atoms with van der Waals surface area (Å²) in [5.41, 5.74) is 2.07. The van der Waals surface area contributed by atoms with Crippen molar-refractivity contribution in [1.29, 1.82) is 5.26 Å². The van der Waals surface area contributed by atoms with Crippen LogP contribution < -0.4 is 14.4 Å². The summed E-state index contributed by atoms with van der Waals surface area (Å²) in [7, 11) is 1.58. The third-order valence-corrected chi connectivity index (χ3v) is 7.63. The van der Waals surface area contributed by atoms with Gasteiger partial charge in [-0.05, 0) is 51.0 Å². The molecular formula is C30H31N7O4. The van der Waals surface area contributed by atoms with Gasteiger partial charge in [0.15, 0.2) is 0 Å². The minimum absolute atomic E-state index is 0.0659. The van der Waals surface area contributed by atoms with E-state index in [1.165, 1.54) is 6.20 Å². The minimum Gasteiger partial charge on any atom is -0.497 e. The van der Waals surface area contributed by atoms with Crippen LogP contribution in [0.4, 0.5) is 5.82 Å². The molecule has 0 spiro atoms. The number of aromatic nitrogens is 4. The monoisotopic (exact) mass is 553 g/mol. The molecule has 2 atom stereocenters. The number of carbonyl (C=O) groups is 1. The van der Waals surface area contributed by atoms with E-state index in [0.29, 0.717) is 41.4 Å². The maximum Gasteiger partial charge on any atom is 0.272 e. The van der Waals surface area contributed by atoms with E-state index in [-0.39, 0.29) is 24.6 Å². The van der Waals surface area contributed by atoms with Gasteiger partial charge >= 0.3 is 0 Å². The summed E-state index contributed by atoms with van der Waals surface area (Å²) >= 11 is 0. The van der Waals surface area contributed by atoms with Gasteiger partial charge in [-0.2, -0.15) is 10.4 Å². The number of aliphatic hydroxyl groups is 1. The average Bonchev–Trinajstić information content (AvgIpc) is 3.42. The average molecular weight is 554 g/mol. The Balaban J connectivity index is 1.24. The zero-order valence-electron chi connectivity index (χ0n) is 23.2. The molecule has 2 bridgehead atoms. The molecule has 4 aromatic rings. The van der Waals surface area contributed by atoms with E-state index in [2.05, 4.69) is 21.1 Å². The molecule has 41 heavy (non-hydrogen) atoms. The molecule has 0 radical (unpaired) electrons. The van der Waals surface area contributed by atoms with Crippen LogP contribution in [0.2, 0.25) is 0 Å². The van der Waals surface area contributed by atoms with Gasteiger partial charge in [-0.3, -0.25) is 9.78 Å². The summed E-state index contributed by atoms with van der Waals surface area (Å²) in [5, 5.41) is 24.1. The second-order valence-corrected chi connectivity index (χ2v) is 11.1. The molecule has 0 aromatic carbocycles. The number of pyridine rings is 3. The van der Waals surface area contributed by atoms with Crippen molar-refractivity contribution < 1.29 is 19.4 Å². The third kappa shape index (κ3) is 5.14. The molecule has 0 aliphatic carbocycles. The number of hydrogen-bond acceptors (Lipinski definition) is 9. The number of anilines is 1. The first kappa shape index (κ1) is 26.5. The number of piperidine rings is 2. The number of ether oxygens (including phenoxy) is 2. The Morgan fingerprint density at radius 2 is 1.95 bits per heavy atom. The SMILES string of the molecule is COc1ccnc(C(=O)N2CC3CCC2CN3c2ccc(-c3cc(OCC(C)(C)O)cn4ncc(C#N)c34)cn2)c1. The first-order valence-corrected chi connectivity index (χ1v) is 13.5. The lowest BCUT2D eigenvalue weighted by molar-refractivity contribution is 0.0283. The number of rotatable bonds is 7. The van der Waals surface area contributed by atoms with Crippen LogP contribution in [0.25, 0.3) is 16.6 Å². The first-order chi connectivity index (χ1) is 19.7. The number of carbonyl (C=O) groups excluding carboxylic acids is 1. The fraction of sp³-hybridized carbons (Fsp3) is 0.367. The van der Waals surface area contributed by atoms with Gasteiger partial charge in [-0.15, -0.1) is 0 Å². The molecule has 1 amide bonds. The molecule has 1 N–H and O–H groups in total. The fourth-order valence-electron chi connectivity index (χ4n) is 5.61. The maximum absolute atomic E-state index is 13.3. The summed E-state index contributed by atoms with van der Waals surface area (Å²) in [6.45, 7) is 4.75. The van der Waals surface area contributed by atoms with Gasteiger partial charge < -0.3 is 24.4 Å². The Labute approximate surface area is 237 Å². The molecule has 3 saturated heterocycles. The smallest absolute Gasteiger partial charge is 0.272 e. The number of methoxy groups -OCH3 is 1. The zero-order valence-corrected chi connectivity index (χ0v) is 23.2. The van der Waals surface area contributed by atoms with Crippen molar-refractivity contribution in [3.63, 3.8) is 0 Å². The molecule has 3 fully saturated rings. The van der Waals surface area contributed by atoms with Crippen molar-refractivity contribution in [3.8, 4) is 28.7 Å². The third-order valence-electron chi connectivity index (χ3n) is 7.63. The molecule has 4 aromatic heterocycles. The molecule has 3 aliphatic rings. The Morgan fingerprint density at radius 3 is 2.63 bits per heavy atom.